The Kier molecular flexibility index (Phi) is 9.20. The van der Waals surface area contributed by atoms with Gasteiger partial charge < -0.3 is 23.7 Å². The minimum Gasteiger partial charge on any atom is -0.493 e. The van der Waals surface area contributed by atoms with Crippen LogP contribution in [0.15, 0.2) is 69.8 Å². The van der Waals surface area contributed by atoms with E-state index in [0.29, 0.717) is 42.3 Å². The van der Waals surface area contributed by atoms with E-state index in [2.05, 4.69) is 15.9 Å². The number of methoxy groups -OCH3 is 2. The summed E-state index contributed by atoms with van der Waals surface area (Å²) < 4.78 is 17.1. The molecule has 1 aromatic heterocycles. The van der Waals surface area contributed by atoms with Gasteiger partial charge in [-0.2, -0.15) is 0 Å². The number of carbonyl (C=O) groups is 2. The summed E-state index contributed by atoms with van der Waals surface area (Å²) in [4.78, 5) is 30.4. The van der Waals surface area contributed by atoms with E-state index >= 15 is 0 Å². The van der Waals surface area contributed by atoms with Crippen molar-refractivity contribution >= 4 is 27.7 Å². The first kappa shape index (κ1) is 27.3. The molecule has 0 aliphatic rings. The zero-order chi connectivity index (χ0) is 26.3. The molecule has 0 saturated carbocycles. The van der Waals surface area contributed by atoms with Crippen LogP contribution in [-0.4, -0.2) is 54.5 Å². The molecule has 0 bridgehead atoms. The van der Waals surface area contributed by atoms with Crippen LogP contribution < -0.4 is 9.47 Å². The number of furan rings is 1. The molecule has 0 atom stereocenters. The Morgan fingerprint density at radius 1 is 0.972 bits per heavy atom. The molecule has 0 unspecified atom stereocenters. The topological polar surface area (TPSA) is 72.2 Å². The Balaban J connectivity index is 1.81. The van der Waals surface area contributed by atoms with Gasteiger partial charge in [0.25, 0.3) is 5.91 Å². The van der Waals surface area contributed by atoms with Crippen LogP contribution in [0, 0.1) is 0 Å². The van der Waals surface area contributed by atoms with E-state index in [1.54, 1.807) is 48.5 Å². The van der Waals surface area contributed by atoms with Crippen LogP contribution in [0.25, 0.3) is 0 Å². The maximum absolute atomic E-state index is 13.6. The molecular weight excluding hydrogens is 524 g/mol. The Labute approximate surface area is 221 Å². The maximum Gasteiger partial charge on any atom is 0.254 e. The summed E-state index contributed by atoms with van der Waals surface area (Å²) in [6, 6.07) is 16.5. The third-order valence-corrected chi connectivity index (χ3v) is 6.31. The number of amides is 2. The number of nitrogens with zero attached hydrogens (tertiary/aromatic N) is 2. The molecule has 36 heavy (non-hydrogen) atoms. The molecule has 0 saturated heterocycles. The molecule has 1 heterocycles. The van der Waals surface area contributed by atoms with E-state index in [1.807, 2.05) is 57.2 Å². The highest BCUT2D eigenvalue weighted by molar-refractivity contribution is 9.10. The van der Waals surface area contributed by atoms with Crippen molar-refractivity contribution in [2.75, 3.05) is 27.3 Å². The van der Waals surface area contributed by atoms with Crippen molar-refractivity contribution in [3.63, 3.8) is 0 Å². The predicted octanol–water partition coefficient (Wildman–Crippen LogP) is 5.57. The van der Waals surface area contributed by atoms with Crippen LogP contribution in [0.4, 0.5) is 0 Å². The van der Waals surface area contributed by atoms with Gasteiger partial charge in [-0.05, 0) is 75.2 Å². The first-order valence-corrected chi connectivity index (χ1v) is 12.5. The summed E-state index contributed by atoms with van der Waals surface area (Å²) in [5, 5.41) is 0. The number of benzene rings is 2. The molecule has 0 radical (unpaired) electrons. The minimum atomic E-state index is -0.561. The summed E-state index contributed by atoms with van der Waals surface area (Å²) in [7, 11) is 3.19. The SMILES string of the molecule is COc1ccc(CCN(Cc2ccco2)C(=O)CN(C(=O)c2cccc(Br)c2)C(C)(C)C)cc1OC. The van der Waals surface area contributed by atoms with Gasteiger partial charge in [0.1, 0.15) is 12.3 Å². The number of halogens is 1. The number of hydrogen-bond acceptors (Lipinski definition) is 5. The first-order valence-electron chi connectivity index (χ1n) is 11.7. The number of hydrogen-bond donors (Lipinski definition) is 0. The maximum atomic E-state index is 13.6. The molecule has 7 nitrogen and oxygen atoms in total. The standard InChI is InChI=1S/C28H33BrN2O5/c1-28(2,3)31(27(33)21-8-6-9-22(29)17-21)19-26(32)30(18-23-10-7-15-36-23)14-13-20-11-12-24(34-4)25(16-20)35-5/h6-12,15-17H,13-14,18-19H2,1-5H3. The van der Waals surface area contributed by atoms with Gasteiger partial charge in [-0.25, -0.2) is 0 Å². The summed E-state index contributed by atoms with van der Waals surface area (Å²) >= 11 is 3.43. The van der Waals surface area contributed by atoms with Crippen LogP contribution in [0.5, 0.6) is 11.5 Å². The van der Waals surface area contributed by atoms with Crippen molar-refractivity contribution in [2.24, 2.45) is 0 Å². The number of ether oxygens (including phenoxy) is 2. The normalized spacial score (nSPS) is 11.2. The molecule has 3 aromatic rings. The molecule has 3 rings (SSSR count). The van der Waals surface area contributed by atoms with Crippen LogP contribution in [0.2, 0.25) is 0 Å². The smallest absolute Gasteiger partial charge is 0.254 e. The highest BCUT2D eigenvalue weighted by Crippen LogP contribution is 2.28. The lowest BCUT2D eigenvalue weighted by Gasteiger charge is -2.37. The fourth-order valence-corrected chi connectivity index (χ4v) is 4.21. The fraction of sp³-hybridized carbons (Fsp3) is 0.357. The Morgan fingerprint density at radius 3 is 2.33 bits per heavy atom. The van der Waals surface area contributed by atoms with Crippen LogP contribution >= 0.6 is 15.9 Å². The monoisotopic (exact) mass is 556 g/mol. The van der Waals surface area contributed by atoms with Gasteiger partial charge in [0.15, 0.2) is 11.5 Å². The average molecular weight is 557 g/mol. The van der Waals surface area contributed by atoms with Crippen molar-refractivity contribution < 1.29 is 23.5 Å². The highest BCUT2D eigenvalue weighted by atomic mass is 79.9. The van der Waals surface area contributed by atoms with Gasteiger partial charge in [-0.15, -0.1) is 0 Å². The summed E-state index contributed by atoms with van der Waals surface area (Å²) in [5.41, 5.74) is 0.965. The largest absolute Gasteiger partial charge is 0.493 e. The van der Waals surface area contributed by atoms with Crippen molar-refractivity contribution in [3.8, 4) is 11.5 Å². The molecular formula is C28H33BrN2O5. The van der Waals surface area contributed by atoms with Gasteiger partial charge in [0.05, 0.1) is 27.0 Å². The van der Waals surface area contributed by atoms with Crippen LogP contribution in [0.1, 0.15) is 42.5 Å². The summed E-state index contributed by atoms with van der Waals surface area (Å²) in [6.07, 6.45) is 2.19. The second kappa shape index (κ2) is 12.1. The van der Waals surface area contributed by atoms with Crippen molar-refractivity contribution in [2.45, 2.75) is 39.3 Å². The van der Waals surface area contributed by atoms with Crippen molar-refractivity contribution in [3.05, 3.63) is 82.2 Å². The molecule has 0 N–H and O–H groups in total. The number of carbonyl (C=O) groups excluding carboxylic acids is 2. The van der Waals surface area contributed by atoms with Crippen molar-refractivity contribution in [1.29, 1.82) is 0 Å². The molecule has 2 amide bonds. The second-order valence-corrected chi connectivity index (χ2v) is 10.3. The number of rotatable bonds is 10. The predicted molar refractivity (Wildman–Crippen MR) is 142 cm³/mol. The van der Waals surface area contributed by atoms with E-state index in [0.717, 1.165) is 10.0 Å². The van der Waals surface area contributed by atoms with Crippen LogP contribution in [0.3, 0.4) is 0 Å². The van der Waals surface area contributed by atoms with E-state index < -0.39 is 5.54 Å². The lowest BCUT2D eigenvalue weighted by Crippen LogP contribution is -2.51. The van der Waals surface area contributed by atoms with Gasteiger partial charge in [-0.3, -0.25) is 9.59 Å². The van der Waals surface area contributed by atoms with Gasteiger partial charge >= 0.3 is 0 Å². The molecule has 8 heteroatoms. The molecule has 0 spiro atoms. The van der Waals surface area contributed by atoms with E-state index in [-0.39, 0.29) is 18.4 Å². The minimum absolute atomic E-state index is 0.0541. The molecule has 192 valence electrons. The highest BCUT2D eigenvalue weighted by Gasteiger charge is 2.31. The van der Waals surface area contributed by atoms with E-state index in [1.165, 1.54) is 0 Å². The first-order chi connectivity index (χ1) is 17.1. The summed E-state index contributed by atoms with van der Waals surface area (Å²) in [5.74, 6) is 1.60. The van der Waals surface area contributed by atoms with Crippen molar-refractivity contribution in [1.82, 2.24) is 9.80 Å². The molecule has 0 aliphatic heterocycles. The third-order valence-electron chi connectivity index (χ3n) is 5.82. The Morgan fingerprint density at radius 2 is 1.72 bits per heavy atom. The third kappa shape index (κ3) is 7.13. The average Bonchev–Trinajstić information content (AvgIpc) is 3.36. The summed E-state index contributed by atoms with van der Waals surface area (Å²) in [6.45, 7) is 6.48. The fourth-order valence-electron chi connectivity index (χ4n) is 3.81. The molecule has 0 aliphatic carbocycles. The zero-order valence-corrected chi connectivity index (χ0v) is 23.0. The zero-order valence-electron chi connectivity index (χ0n) is 21.4. The Bertz CT molecular complexity index is 1170. The van der Waals surface area contributed by atoms with Gasteiger partial charge in [0.2, 0.25) is 5.91 Å². The van der Waals surface area contributed by atoms with Gasteiger partial charge in [-0.1, -0.05) is 28.1 Å². The molecule has 0 fully saturated rings. The van der Waals surface area contributed by atoms with Crippen LogP contribution in [-0.2, 0) is 17.8 Å². The Hall–Kier alpha value is -3.26. The lowest BCUT2D eigenvalue weighted by atomic mass is 10.0. The van der Waals surface area contributed by atoms with E-state index in [9.17, 15) is 9.59 Å². The van der Waals surface area contributed by atoms with E-state index in [4.69, 9.17) is 13.9 Å². The lowest BCUT2D eigenvalue weighted by molar-refractivity contribution is -0.133. The van der Waals surface area contributed by atoms with Gasteiger partial charge in [0, 0.05) is 22.1 Å². The quantitative estimate of drug-likeness (QED) is 0.326. The molecule has 2 aromatic carbocycles. The second-order valence-electron chi connectivity index (χ2n) is 9.41.